The van der Waals surface area contributed by atoms with E-state index in [1.54, 1.807) is 24.2 Å². The van der Waals surface area contributed by atoms with Gasteiger partial charge in [-0.2, -0.15) is 11.8 Å². The third kappa shape index (κ3) is 4.34. The minimum Gasteiger partial charge on any atom is -0.350 e. The van der Waals surface area contributed by atoms with E-state index in [9.17, 15) is 4.79 Å². The SMILES string of the molecule is CSCCC(=O)NC(C)c1ccncc1. The summed E-state index contributed by atoms with van der Waals surface area (Å²) in [5.74, 6) is 0.975. The molecule has 0 aliphatic carbocycles. The lowest BCUT2D eigenvalue weighted by atomic mass is 10.1. The first-order chi connectivity index (χ1) is 7.24. The molecular weight excluding hydrogens is 208 g/mol. The zero-order valence-corrected chi connectivity index (χ0v) is 9.88. The number of nitrogens with one attached hydrogen (secondary N) is 1. The van der Waals surface area contributed by atoms with Crippen molar-refractivity contribution in [2.45, 2.75) is 19.4 Å². The largest absolute Gasteiger partial charge is 0.350 e. The Morgan fingerprint density at radius 3 is 2.80 bits per heavy atom. The van der Waals surface area contributed by atoms with E-state index in [1.165, 1.54) is 0 Å². The van der Waals surface area contributed by atoms with Crippen LogP contribution in [-0.4, -0.2) is 22.9 Å². The van der Waals surface area contributed by atoms with Crippen LogP contribution in [0.1, 0.15) is 24.9 Å². The highest BCUT2D eigenvalue weighted by molar-refractivity contribution is 7.98. The van der Waals surface area contributed by atoms with Gasteiger partial charge in [0.25, 0.3) is 0 Å². The molecule has 0 aliphatic heterocycles. The van der Waals surface area contributed by atoms with Crippen molar-refractivity contribution < 1.29 is 4.79 Å². The van der Waals surface area contributed by atoms with Crippen molar-refractivity contribution in [1.29, 1.82) is 0 Å². The number of rotatable bonds is 5. The molecule has 1 amide bonds. The van der Waals surface area contributed by atoms with Gasteiger partial charge in [-0.15, -0.1) is 0 Å². The number of nitrogens with zero attached hydrogens (tertiary/aromatic N) is 1. The van der Waals surface area contributed by atoms with Crippen molar-refractivity contribution in [2.24, 2.45) is 0 Å². The van der Waals surface area contributed by atoms with Gasteiger partial charge in [-0.3, -0.25) is 9.78 Å². The molecule has 0 radical (unpaired) electrons. The summed E-state index contributed by atoms with van der Waals surface area (Å²) in [4.78, 5) is 15.4. The maximum Gasteiger partial charge on any atom is 0.221 e. The van der Waals surface area contributed by atoms with E-state index < -0.39 is 0 Å². The van der Waals surface area contributed by atoms with Crippen molar-refractivity contribution in [1.82, 2.24) is 10.3 Å². The van der Waals surface area contributed by atoms with E-state index in [2.05, 4.69) is 10.3 Å². The maximum atomic E-state index is 11.4. The van der Waals surface area contributed by atoms with Crippen molar-refractivity contribution in [3.63, 3.8) is 0 Å². The quantitative estimate of drug-likeness (QED) is 0.832. The Balaban J connectivity index is 2.42. The molecule has 0 aromatic carbocycles. The summed E-state index contributed by atoms with van der Waals surface area (Å²) >= 11 is 1.68. The molecule has 0 saturated carbocycles. The Hall–Kier alpha value is -1.03. The Bertz CT molecular complexity index is 303. The minimum atomic E-state index is 0.0577. The predicted molar refractivity (Wildman–Crippen MR) is 63.8 cm³/mol. The fourth-order valence-corrected chi connectivity index (χ4v) is 1.63. The van der Waals surface area contributed by atoms with E-state index >= 15 is 0 Å². The fourth-order valence-electron chi connectivity index (χ4n) is 1.24. The highest BCUT2D eigenvalue weighted by Crippen LogP contribution is 2.10. The maximum absolute atomic E-state index is 11.4. The molecule has 1 N–H and O–H groups in total. The Labute approximate surface area is 94.7 Å². The van der Waals surface area contributed by atoms with E-state index in [-0.39, 0.29) is 11.9 Å². The first-order valence-corrected chi connectivity index (χ1v) is 6.31. The van der Waals surface area contributed by atoms with Gasteiger partial charge < -0.3 is 5.32 Å². The molecule has 1 heterocycles. The van der Waals surface area contributed by atoms with Crippen LogP contribution in [0.25, 0.3) is 0 Å². The third-order valence-electron chi connectivity index (χ3n) is 2.12. The molecule has 4 heteroatoms. The Morgan fingerprint density at radius 1 is 1.53 bits per heavy atom. The second-order valence-electron chi connectivity index (χ2n) is 3.31. The highest BCUT2D eigenvalue weighted by atomic mass is 32.2. The van der Waals surface area contributed by atoms with Gasteiger partial charge in [0.05, 0.1) is 6.04 Å². The van der Waals surface area contributed by atoms with Gasteiger partial charge in [0.2, 0.25) is 5.91 Å². The van der Waals surface area contributed by atoms with Gasteiger partial charge in [0.15, 0.2) is 0 Å². The van der Waals surface area contributed by atoms with Crippen LogP contribution < -0.4 is 5.32 Å². The summed E-state index contributed by atoms with van der Waals surface area (Å²) in [6, 6.07) is 3.89. The molecule has 1 aromatic rings. The number of pyridine rings is 1. The molecule has 3 nitrogen and oxygen atoms in total. The monoisotopic (exact) mass is 224 g/mol. The van der Waals surface area contributed by atoms with E-state index in [0.29, 0.717) is 6.42 Å². The predicted octanol–water partition coefficient (Wildman–Crippen LogP) is 2.01. The summed E-state index contributed by atoms with van der Waals surface area (Å²) in [5.41, 5.74) is 1.09. The molecule has 0 aliphatic rings. The van der Waals surface area contributed by atoms with Crippen molar-refractivity contribution in [2.75, 3.05) is 12.0 Å². The average molecular weight is 224 g/mol. The van der Waals surface area contributed by atoms with Crippen LogP contribution in [0, 0.1) is 0 Å². The molecule has 0 spiro atoms. The van der Waals surface area contributed by atoms with Crippen molar-refractivity contribution >= 4 is 17.7 Å². The van der Waals surface area contributed by atoms with E-state index in [0.717, 1.165) is 11.3 Å². The lowest BCUT2D eigenvalue weighted by Crippen LogP contribution is -2.26. The molecule has 1 aromatic heterocycles. The summed E-state index contributed by atoms with van der Waals surface area (Å²) < 4.78 is 0. The van der Waals surface area contributed by atoms with Crippen LogP contribution in [0.4, 0.5) is 0 Å². The van der Waals surface area contributed by atoms with Gasteiger partial charge in [-0.1, -0.05) is 0 Å². The van der Waals surface area contributed by atoms with Crippen LogP contribution in [0.15, 0.2) is 24.5 Å². The van der Waals surface area contributed by atoms with Crippen LogP contribution in [-0.2, 0) is 4.79 Å². The van der Waals surface area contributed by atoms with Crippen LogP contribution in [0.3, 0.4) is 0 Å². The topological polar surface area (TPSA) is 42.0 Å². The number of hydrogen-bond donors (Lipinski definition) is 1. The number of aromatic nitrogens is 1. The van der Waals surface area contributed by atoms with Gasteiger partial charge in [-0.25, -0.2) is 0 Å². The molecule has 0 saturated heterocycles. The molecular formula is C11H16N2OS. The van der Waals surface area contributed by atoms with Gasteiger partial charge in [0, 0.05) is 24.6 Å². The Kier molecular flexibility index (Phi) is 5.18. The third-order valence-corrected chi connectivity index (χ3v) is 2.73. The van der Waals surface area contributed by atoms with Crippen LogP contribution >= 0.6 is 11.8 Å². The van der Waals surface area contributed by atoms with E-state index in [1.807, 2.05) is 25.3 Å². The van der Waals surface area contributed by atoms with Crippen LogP contribution in [0.5, 0.6) is 0 Å². The molecule has 1 atom stereocenters. The number of hydrogen-bond acceptors (Lipinski definition) is 3. The zero-order chi connectivity index (χ0) is 11.1. The molecule has 1 rings (SSSR count). The lowest BCUT2D eigenvalue weighted by molar-refractivity contribution is -0.121. The fraction of sp³-hybridized carbons (Fsp3) is 0.455. The summed E-state index contributed by atoms with van der Waals surface area (Å²) in [6.07, 6.45) is 6.05. The standard InChI is InChI=1S/C11H16N2OS/c1-9(10-3-6-12-7-4-10)13-11(14)5-8-15-2/h3-4,6-7,9H,5,8H2,1-2H3,(H,13,14). The summed E-state index contributed by atoms with van der Waals surface area (Å²) in [6.45, 7) is 1.98. The first kappa shape index (κ1) is 12.0. The molecule has 0 bridgehead atoms. The van der Waals surface area contributed by atoms with Gasteiger partial charge >= 0.3 is 0 Å². The number of carbonyl (C=O) groups excluding carboxylic acids is 1. The minimum absolute atomic E-state index is 0.0577. The highest BCUT2D eigenvalue weighted by Gasteiger charge is 2.08. The molecule has 82 valence electrons. The van der Waals surface area contributed by atoms with Gasteiger partial charge in [0.1, 0.15) is 0 Å². The summed E-state index contributed by atoms with van der Waals surface area (Å²) in [5, 5.41) is 2.95. The summed E-state index contributed by atoms with van der Waals surface area (Å²) in [7, 11) is 0. The van der Waals surface area contributed by atoms with Crippen molar-refractivity contribution in [3.05, 3.63) is 30.1 Å². The first-order valence-electron chi connectivity index (χ1n) is 4.92. The second-order valence-corrected chi connectivity index (χ2v) is 4.30. The van der Waals surface area contributed by atoms with Gasteiger partial charge in [-0.05, 0) is 30.9 Å². The number of thioether (sulfide) groups is 1. The average Bonchev–Trinajstić information content (AvgIpc) is 2.27. The van der Waals surface area contributed by atoms with E-state index in [4.69, 9.17) is 0 Å². The molecule has 15 heavy (non-hydrogen) atoms. The number of carbonyl (C=O) groups is 1. The zero-order valence-electron chi connectivity index (χ0n) is 9.06. The number of amides is 1. The van der Waals surface area contributed by atoms with Crippen molar-refractivity contribution in [3.8, 4) is 0 Å². The molecule has 0 fully saturated rings. The van der Waals surface area contributed by atoms with Crippen LogP contribution in [0.2, 0.25) is 0 Å². The smallest absolute Gasteiger partial charge is 0.221 e. The normalized spacial score (nSPS) is 12.1. The molecule has 1 unspecified atom stereocenters. The lowest BCUT2D eigenvalue weighted by Gasteiger charge is -2.13. The Morgan fingerprint density at radius 2 is 2.20 bits per heavy atom. The second kappa shape index (κ2) is 6.45.